The fraction of sp³-hybridized carbons (Fsp3) is 0.500. The van der Waals surface area contributed by atoms with E-state index in [1.807, 2.05) is 13.8 Å². The lowest BCUT2D eigenvalue weighted by atomic mass is 10.3. The van der Waals surface area contributed by atoms with Crippen molar-refractivity contribution in [2.24, 2.45) is 0 Å². The molecular weight excluding hydrogens is 188 g/mol. The Morgan fingerprint density at radius 3 is 2.77 bits per heavy atom. The first-order valence-electron chi connectivity index (χ1n) is 4.21. The van der Waals surface area contributed by atoms with Crippen LogP contribution in [0.15, 0.2) is 23.4 Å². The molecule has 0 bridgehead atoms. The molecule has 5 heteroatoms. The van der Waals surface area contributed by atoms with E-state index in [4.69, 9.17) is 0 Å². The van der Waals surface area contributed by atoms with Crippen molar-refractivity contribution in [3.05, 3.63) is 18.5 Å². The van der Waals surface area contributed by atoms with E-state index >= 15 is 0 Å². The highest BCUT2D eigenvalue weighted by Crippen LogP contribution is 2.07. The van der Waals surface area contributed by atoms with Gasteiger partial charge in [-0.05, 0) is 19.4 Å². The standard InChI is InChI=1S/C8H14N2O2S/c1-3-7(2)10-13(11,12)8-4-5-9-6-8/h4-7,9-10H,3H2,1-2H3/t7-/m1/s1. The van der Waals surface area contributed by atoms with Gasteiger partial charge in [0.25, 0.3) is 0 Å². The van der Waals surface area contributed by atoms with E-state index in [1.165, 1.54) is 12.3 Å². The minimum atomic E-state index is -3.31. The second-order valence-corrected chi connectivity index (χ2v) is 4.69. The molecule has 0 saturated heterocycles. The average molecular weight is 202 g/mol. The molecule has 1 rings (SSSR count). The zero-order valence-electron chi connectivity index (χ0n) is 7.74. The molecule has 13 heavy (non-hydrogen) atoms. The number of hydrogen-bond acceptors (Lipinski definition) is 2. The van der Waals surface area contributed by atoms with Gasteiger partial charge in [0.05, 0.1) is 4.90 Å². The molecule has 74 valence electrons. The molecule has 0 aliphatic carbocycles. The summed E-state index contributed by atoms with van der Waals surface area (Å²) in [6.45, 7) is 3.77. The van der Waals surface area contributed by atoms with Crippen molar-refractivity contribution in [2.75, 3.05) is 0 Å². The van der Waals surface area contributed by atoms with Gasteiger partial charge in [0.15, 0.2) is 0 Å². The first kappa shape index (κ1) is 10.3. The second kappa shape index (κ2) is 3.93. The van der Waals surface area contributed by atoms with E-state index in [9.17, 15) is 8.42 Å². The molecule has 0 aliphatic heterocycles. The molecule has 4 nitrogen and oxygen atoms in total. The molecule has 1 heterocycles. The molecule has 1 aromatic rings. The summed E-state index contributed by atoms with van der Waals surface area (Å²) in [7, 11) is -3.31. The average Bonchev–Trinajstić information content (AvgIpc) is 2.55. The predicted octanol–water partition coefficient (Wildman–Crippen LogP) is 1.09. The van der Waals surface area contributed by atoms with Crippen LogP contribution in [0.5, 0.6) is 0 Å². The maximum Gasteiger partial charge on any atom is 0.242 e. The molecule has 0 aliphatic rings. The molecule has 2 N–H and O–H groups in total. The molecule has 1 aromatic heterocycles. The minimum Gasteiger partial charge on any atom is -0.366 e. The number of aromatic nitrogens is 1. The molecule has 0 saturated carbocycles. The SMILES string of the molecule is CC[C@@H](C)NS(=O)(=O)c1cc[nH]c1. The van der Waals surface area contributed by atoms with Gasteiger partial charge in [-0.2, -0.15) is 0 Å². The summed E-state index contributed by atoms with van der Waals surface area (Å²) in [4.78, 5) is 2.99. The van der Waals surface area contributed by atoms with Crippen LogP contribution < -0.4 is 4.72 Å². The van der Waals surface area contributed by atoms with Crippen molar-refractivity contribution < 1.29 is 8.42 Å². The third-order valence-electron chi connectivity index (χ3n) is 1.85. The van der Waals surface area contributed by atoms with E-state index < -0.39 is 10.0 Å². The van der Waals surface area contributed by atoms with Gasteiger partial charge >= 0.3 is 0 Å². The van der Waals surface area contributed by atoms with Gasteiger partial charge in [0.1, 0.15) is 0 Å². The van der Waals surface area contributed by atoms with Crippen LogP contribution in [0.25, 0.3) is 0 Å². The van der Waals surface area contributed by atoms with Crippen LogP contribution in [-0.2, 0) is 10.0 Å². The Labute approximate surface area is 78.4 Å². The highest BCUT2D eigenvalue weighted by molar-refractivity contribution is 7.89. The molecule has 0 spiro atoms. The Balaban J connectivity index is 2.79. The lowest BCUT2D eigenvalue weighted by molar-refractivity contribution is 0.556. The molecule has 1 atom stereocenters. The third kappa shape index (κ3) is 2.57. The Hall–Kier alpha value is -0.810. The quantitative estimate of drug-likeness (QED) is 0.767. The predicted molar refractivity (Wildman–Crippen MR) is 50.9 cm³/mol. The van der Waals surface area contributed by atoms with Crippen LogP contribution in [0.4, 0.5) is 0 Å². The number of aromatic amines is 1. The van der Waals surface area contributed by atoms with Gasteiger partial charge < -0.3 is 4.98 Å². The van der Waals surface area contributed by atoms with Crippen molar-refractivity contribution in [3.8, 4) is 0 Å². The molecule has 0 unspecified atom stereocenters. The Morgan fingerprint density at radius 2 is 2.31 bits per heavy atom. The summed E-state index contributed by atoms with van der Waals surface area (Å²) in [5.74, 6) is 0. The zero-order chi connectivity index (χ0) is 9.90. The minimum absolute atomic E-state index is 0.0279. The maximum absolute atomic E-state index is 11.5. The maximum atomic E-state index is 11.5. The number of rotatable bonds is 4. The highest BCUT2D eigenvalue weighted by Gasteiger charge is 2.15. The van der Waals surface area contributed by atoms with Gasteiger partial charge in [0.2, 0.25) is 10.0 Å². The molecule has 0 fully saturated rings. The molecule has 0 radical (unpaired) electrons. The van der Waals surface area contributed by atoms with E-state index in [1.54, 1.807) is 6.20 Å². The fourth-order valence-electron chi connectivity index (χ4n) is 0.892. The Morgan fingerprint density at radius 1 is 1.62 bits per heavy atom. The third-order valence-corrected chi connectivity index (χ3v) is 3.44. The largest absolute Gasteiger partial charge is 0.366 e. The number of H-pyrrole nitrogens is 1. The lowest BCUT2D eigenvalue weighted by Crippen LogP contribution is -2.31. The van der Waals surface area contributed by atoms with Crippen LogP contribution in [0, 0.1) is 0 Å². The van der Waals surface area contributed by atoms with Crippen molar-refractivity contribution in [2.45, 2.75) is 31.2 Å². The zero-order valence-corrected chi connectivity index (χ0v) is 8.56. The smallest absolute Gasteiger partial charge is 0.242 e. The van der Waals surface area contributed by atoms with E-state index in [0.717, 1.165) is 6.42 Å². The van der Waals surface area contributed by atoms with Crippen molar-refractivity contribution in [1.82, 2.24) is 9.71 Å². The van der Waals surface area contributed by atoms with E-state index in [-0.39, 0.29) is 10.9 Å². The van der Waals surface area contributed by atoms with Gasteiger partial charge in [-0.3, -0.25) is 0 Å². The number of nitrogens with one attached hydrogen (secondary N) is 2. The molecule has 0 aromatic carbocycles. The van der Waals surface area contributed by atoms with Gasteiger partial charge in [-0.25, -0.2) is 13.1 Å². The first-order valence-corrected chi connectivity index (χ1v) is 5.69. The van der Waals surface area contributed by atoms with Crippen LogP contribution >= 0.6 is 0 Å². The fourth-order valence-corrected chi connectivity index (χ4v) is 2.19. The summed E-state index contributed by atoms with van der Waals surface area (Å²) < 4.78 is 25.6. The normalized spacial score (nSPS) is 14.3. The van der Waals surface area contributed by atoms with Crippen LogP contribution in [0.3, 0.4) is 0 Å². The van der Waals surface area contributed by atoms with Crippen molar-refractivity contribution >= 4 is 10.0 Å². The van der Waals surface area contributed by atoms with Crippen LogP contribution in [0.2, 0.25) is 0 Å². The summed E-state index contributed by atoms with van der Waals surface area (Å²) >= 11 is 0. The van der Waals surface area contributed by atoms with Gasteiger partial charge in [0, 0.05) is 18.4 Å². The monoisotopic (exact) mass is 202 g/mol. The number of hydrogen-bond donors (Lipinski definition) is 2. The molecular formula is C8H14N2O2S. The Bertz CT molecular complexity index is 342. The van der Waals surface area contributed by atoms with Crippen molar-refractivity contribution in [3.63, 3.8) is 0 Å². The van der Waals surface area contributed by atoms with E-state index in [2.05, 4.69) is 9.71 Å². The summed E-state index contributed by atoms with van der Waals surface area (Å²) in [6, 6.07) is 1.50. The highest BCUT2D eigenvalue weighted by atomic mass is 32.2. The Kier molecular flexibility index (Phi) is 3.11. The summed E-state index contributed by atoms with van der Waals surface area (Å²) in [6.07, 6.45) is 3.83. The number of sulfonamides is 1. The first-order chi connectivity index (χ1) is 6.06. The molecule has 0 amide bonds. The second-order valence-electron chi connectivity index (χ2n) is 2.98. The summed E-state index contributed by atoms with van der Waals surface area (Å²) in [5.41, 5.74) is 0. The van der Waals surface area contributed by atoms with Gasteiger partial charge in [-0.1, -0.05) is 6.92 Å². The van der Waals surface area contributed by atoms with E-state index in [0.29, 0.717) is 0 Å². The van der Waals surface area contributed by atoms with Crippen molar-refractivity contribution in [1.29, 1.82) is 0 Å². The summed E-state index contributed by atoms with van der Waals surface area (Å²) in [5, 5.41) is 0. The van der Waals surface area contributed by atoms with Crippen LogP contribution in [-0.4, -0.2) is 19.4 Å². The van der Waals surface area contributed by atoms with Crippen LogP contribution in [0.1, 0.15) is 20.3 Å². The topological polar surface area (TPSA) is 62.0 Å². The lowest BCUT2D eigenvalue weighted by Gasteiger charge is -2.10. The van der Waals surface area contributed by atoms with Gasteiger partial charge in [-0.15, -0.1) is 0 Å².